The van der Waals surface area contributed by atoms with Crippen molar-refractivity contribution in [3.63, 3.8) is 0 Å². The van der Waals surface area contributed by atoms with Crippen LogP contribution in [0.15, 0.2) is 34.9 Å². The minimum absolute atomic E-state index is 0.0317. The lowest BCUT2D eigenvalue weighted by Crippen LogP contribution is -2.49. The summed E-state index contributed by atoms with van der Waals surface area (Å²) in [4.78, 5) is 41.9. The van der Waals surface area contributed by atoms with E-state index in [1.54, 1.807) is 6.07 Å². The summed E-state index contributed by atoms with van der Waals surface area (Å²) in [5.74, 6) is -0.0774. The third-order valence-corrected chi connectivity index (χ3v) is 5.26. The van der Waals surface area contributed by atoms with Gasteiger partial charge in [-0.25, -0.2) is 9.59 Å². The molecule has 0 unspecified atom stereocenters. The molecule has 3 aromatic rings. The predicted octanol–water partition coefficient (Wildman–Crippen LogP) is 4.02. The number of amides is 4. The average molecular weight is 451 g/mol. The Hall–Kier alpha value is -3.95. The molecule has 2 aromatic heterocycles. The molecule has 0 spiro atoms. The lowest BCUT2D eigenvalue weighted by Gasteiger charge is -2.27. The van der Waals surface area contributed by atoms with Gasteiger partial charge in [0.2, 0.25) is 11.8 Å². The first kappa shape index (κ1) is 22.3. The maximum absolute atomic E-state index is 12.2. The van der Waals surface area contributed by atoms with Gasteiger partial charge < -0.3 is 9.26 Å². The van der Waals surface area contributed by atoms with Crippen LogP contribution in [-0.4, -0.2) is 34.7 Å². The molecule has 1 aromatic carbocycles. The zero-order valence-corrected chi connectivity index (χ0v) is 18.9. The standard InChI is InChI=1S/C23H25N5O5/c1-13-17(28-8-7-19(29)25-21(28)30)10-15-9-14(5-6-16(15)24-13)12-32-22(31)26-20-11-18(27-33-20)23(2,3)4/h5-6,9-11H,7-8,12H2,1-4H3,(H,26,31)(H,25,29,30). The third kappa shape index (κ3) is 4.94. The van der Waals surface area contributed by atoms with E-state index in [0.29, 0.717) is 17.9 Å². The first-order valence-corrected chi connectivity index (χ1v) is 10.5. The van der Waals surface area contributed by atoms with E-state index < -0.39 is 12.1 Å². The number of hydrogen-bond acceptors (Lipinski definition) is 7. The lowest BCUT2D eigenvalue weighted by molar-refractivity contribution is -0.120. The molecular formula is C23H25N5O5. The van der Waals surface area contributed by atoms with Crippen LogP contribution in [0.2, 0.25) is 0 Å². The number of urea groups is 1. The second kappa shape index (κ2) is 8.53. The zero-order valence-electron chi connectivity index (χ0n) is 18.9. The number of rotatable bonds is 4. The van der Waals surface area contributed by atoms with Crippen LogP contribution >= 0.6 is 0 Å². The Morgan fingerprint density at radius 2 is 2.03 bits per heavy atom. The highest BCUT2D eigenvalue weighted by molar-refractivity contribution is 6.06. The van der Waals surface area contributed by atoms with Crippen LogP contribution in [0.4, 0.5) is 21.2 Å². The SMILES string of the molecule is Cc1nc2ccc(COC(=O)Nc3cc(C(C)(C)C)no3)cc2cc1N1CCC(=O)NC1=O. The van der Waals surface area contributed by atoms with E-state index in [-0.39, 0.29) is 30.2 Å². The van der Waals surface area contributed by atoms with Crippen molar-refractivity contribution in [2.24, 2.45) is 0 Å². The molecule has 1 fully saturated rings. The monoisotopic (exact) mass is 451 g/mol. The Morgan fingerprint density at radius 1 is 1.24 bits per heavy atom. The molecule has 0 saturated carbocycles. The van der Waals surface area contributed by atoms with Gasteiger partial charge in [-0.15, -0.1) is 0 Å². The number of aryl methyl sites for hydroxylation is 1. The molecule has 0 aliphatic carbocycles. The van der Waals surface area contributed by atoms with Crippen LogP contribution in [0.25, 0.3) is 10.9 Å². The highest BCUT2D eigenvalue weighted by Crippen LogP contribution is 2.27. The van der Waals surface area contributed by atoms with Crippen molar-refractivity contribution in [2.45, 2.75) is 46.1 Å². The van der Waals surface area contributed by atoms with Gasteiger partial charge >= 0.3 is 12.1 Å². The smallest absolute Gasteiger partial charge is 0.414 e. The van der Waals surface area contributed by atoms with Gasteiger partial charge in [-0.1, -0.05) is 32.0 Å². The van der Waals surface area contributed by atoms with Gasteiger partial charge in [-0.3, -0.25) is 25.3 Å². The van der Waals surface area contributed by atoms with Crippen molar-refractivity contribution < 1.29 is 23.6 Å². The van der Waals surface area contributed by atoms with E-state index in [1.807, 2.05) is 52.0 Å². The fourth-order valence-corrected chi connectivity index (χ4v) is 3.44. The van der Waals surface area contributed by atoms with Crippen molar-refractivity contribution in [2.75, 3.05) is 16.8 Å². The Labute approximate surface area is 190 Å². The summed E-state index contributed by atoms with van der Waals surface area (Å²) in [5.41, 5.74) is 3.32. The lowest BCUT2D eigenvalue weighted by atomic mass is 9.92. The number of ether oxygens (including phenoxy) is 1. The van der Waals surface area contributed by atoms with Crippen molar-refractivity contribution >= 4 is 40.5 Å². The Morgan fingerprint density at radius 3 is 2.73 bits per heavy atom. The minimum atomic E-state index is -0.663. The van der Waals surface area contributed by atoms with Gasteiger partial charge in [-0.2, -0.15) is 0 Å². The molecule has 3 heterocycles. The first-order valence-electron chi connectivity index (χ1n) is 10.5. The molecule has 0 bridgehead atoms. The van der Waals surface area contributed by atoms with Crippen molar-refractivity contribution in [1.82, 2.24) is 15.5 Å². The number of hydrogen-bond donors (Lipinski definition) is 2. The molecule has 1 saturated heterocycles. The summed E-state index contributed by atoms with van der Waals surface area (Å²) in [5, 5.41) is 9.59. The number of benzene rings is 1. The normalized spacial score (nSPS) is 14.4. The van der Waals surface area contributed by atoms with Crippen molar-refractivity contribution in [3.05, 3.63) is 47.3 Å². The van der Waals surface area contributed by atoms with E-state index in [1.165, 1.54) is 4.90 Å². The molecule has 1 aliphatic rings. The van der Waals surface area contributed by atoms with Gasteiger partial charge in [0.15, 0.2) is 0 Å². The summed E-state index contributed by atoms with van der Waals surface area (Å²) < 4.78 is 10.4. The quantitative estimate of drug-likeness (QED) is 0.613. The Balaban J connectivity index is 1.45. The molecule has 0 radical (unpaired) electrons. The van der Waals surface area contributed by atoms with Crippen LogP contribution in [0.1, 0.15) is 44.1 Å². The van der Waals surface area contributed by atoms with E-state index in [0.717, 1.165) is 22.2 Å². The molecule has 172 valence electrons. The van der Waals surface area contributed by atoms with Crippen LogP contribution in [0.5, 0.6) is 0 Å². The fourth-order valence-electron chi connectivity index (χ4n) is 3.44. The number of fused-ring (bicyclic) bond motifs is 1. The zero-order chi connectivity index (χ0) is 23.8. The molecule has 0 atom stereocenters. The van der Waals surface area contributed by atoms with Gasteiger partial charge in [0, 0.05) is 29.8 Å². The summed E-state index contributed by atoms with van der Waals surface area (Å²) in [6.45, 7) is 8.11. The van der Waals surface area contributed by atoms with E-state index in [9.17, 15) is 14.4 Å². The first-order chi connectivity index (χ1) is 15.6. The maximum atomic E-state index is 12.2. The summed E-state index contributed by atoms with van der Waals surface area (Å²) in [6, 6.07) is 8.54. The van der Waals surface area contributed by atoms with E-state index >= 15 is 0 Å². The molecule has 1 aliphatic heterocycles. The number of carbonyl (C=O) groups excluding carboxylic acids is 3. The topological polar surface area (TPSA) is 127 Å². The van der Waals surface area contributed by atoms with Gasteiger partial charge in [-0.05, 0) is 30.7 Å². The molecular weight excluding hydrogens is 426 g/mol. The number of pyridine rings is 1. The maximum Gasteiger partial charge on any atom is 0.414 e. The largest absolute Gasteiger partial charge is 0.444 e. The van der Waals surface area contributed by atoms with Crippen molar-refractivity contribution in [3.8, 4) is 0 Å². The number of nitrogens with zero attached hydrogens (tertiary/aromatic N) is 3. The highest BCUT2D eigenvalue weighted by atomic mass is 16.6. The van der Waals surface area contributed by atoms with Crippen molar-refractivity contribution in [1.29, 1.82) is 0 Å². The average Bonchev–Trinajstić information content (AvgIpc) is 3.21. The number of carbonyl (C=O) groups is 3. The van der Waals surface area contributed by atoms with Gasteiger partial charge in [0.25, 0.3) is 0 Å². The van der Waals surface area contributed by atoms with Gasteiger partial charge in [0.1, 0.15) is 6.61 Å². The van der Waals surface area contributed by atoms with E-state index in [2.05, 4.69) is 20.8 Å². The Bertz CT molecular complexity index is 1240. The Kier molecular flexibility index (Phi) is 5.75. The molecule has 4 amide bonds. The van der Waals surface area contributed by atoms with Crippen LogP contribution in [-0.2, 0) is 21.6 Å². The summed E-state index contributed by atoms with van der Waals surface area (Å²) >= 11 is 0. The summed E-state index contributed by atoms with van der Waals surface area (Å²) in [7, 11) is 0. The molecule has 10 heteroatoms. The number of nitrogens with one attached hydrogen (secondary N) is 2. The van der Waals surface area contributed by atoms with Crippen LogP contribution < -0.4 is 15.5 Å². The highest BCUT2D eigenvalue weighted by Gasteiger charge is 2.26. The molecule has 10 nitrogen and oxygen atoms in total. The van der Waals surface area contributed by atoms with Crippen LogP contribution in [0.3, 0.4) is 0 Å². The predicted molar refractivity (Wildman–Crippen MR) is 121 cm³/mol. The van der Waals surface area contributed by atoms with Crippen LogP contribution in [0, 0.1) is 6.92 Å². The van der Waals surface area contributed by atoms with E-state index in [4.69, 9.17) is 9.26 Å². The van der Waals surface area contributed by atoms with Gasteiger partial charge in [0.05, 0.1) is 22.6 Å². The second-order valence-corrected chi connectivity index (χ2v) is 8.90. The molecule has 2 N–H and O–H groups in total. The molecule has 4 rings (SSSR count). The molecule has 33 heavy (non-hydrogen) atoms. The second-order valence-electron chi connectivity index (χ2n) is 8.90. The number of anilines is 2. The minimum Gasteiger partial charge on any atom is -0.444 e. The fraction of sp³-hybridized carbons (Fsp3) is 0.348. The number of imide groups is 1. The third-order valence-electron chi connectivity index (χ3n) is 5.26. The number of aromatic nitrogens is 2. The summed E-state index contributed by atoms with van der Waals surface area (Å²) in [6.07, 6.45) is -0.432.